The summed E-state index contributed by atoms with van der Waals surface area (Å²) in [5, 5.41) is 0.740. The quantitative estimate of drug-likeness (QED) is 0.105. The molecule has 0 aliphatic rings. The molecule has 0 bridgehead atoms. The Bertz CT molecular complexity index is 1310. The molecule has 1 aromatic heterocycles. The minimum atomic E-state index is -0.525. The van der Waals surface area contributed by atoms with Gasteiger partial charge in [0, 0.05) is 17.5 Å². The smallest absolute Gasteiger partial charge is 0.343 e. The molecular weight excluding hydrogens is 496 g/mol. The van der Waals surface area contributed by atoms with Crippen LogP contribution in [0.15, 0.2) is 63.8 Å². The highest BCUT2D eigenvalue weighted by atomic mass is 16.5. The molecule has 210 valence electrons. The molecule has 0 fully saturated rings. The van der Waals surface area contributed by atoms with Gasteiger partial charge >= 0.3 is 17.6 Å². The molecular formula is C32H40O7. The molecule has 1 atom stereocenters. The fourth-order valence-electron chi connectivity index (χ4n) is 4.43. The van der Waals surface area contributed by atoms with E-state index < -0.39 is 17.0 Å². The van der Waals surface area contributed by atoms with Crippen LogP contribution in [0.5, 0.6) is 11.5 Å². The second kappa shape index (κ2) is 13.0. The van der Waals surface area contributed by atoms with Crippen LogP contribution < -0.4 is 15.1 Å². The third-order valence-corrected chi connectivity index (χ3v) is 7.57. The Labute approximate surface area is 230 Å². The zero-order chi connectivity index (χ0) is 28.6. The fraction of sp³-hybridized carbons (Fsp3) is 0.469. The lowest BCUT2D eigenvalue weighted by atomic mass is 9.62. The Balaban J connectivity index is 1.35. The Morgan fingerprint density at radius 2 is 1.44 bits per heavy atom. The fourth-order valence-corrected chi connectivity index (χ4v) is 4.43. The van der Waals surface area contributed by atoms with Crippen LogP contribution in [-0.2, 0) is 9.53 Å². The molecule has 0 N–H and O–H groups in total. The van der Waals surface area contributed by atoms with Gasteiger partial charge in [-0.2, -0.15) is 0 Å². The van der Waals surface area contributed by atoms with Crippen molar-refractivity contribution in [1.29, 1.82) is 0 Å². The van der Waals surface area contributed by atoms with Crippen molar-refractivity contribution in [1.82, 2.24) is 0 Å². The second-order valence-corrected chi connectivity index (χ2v) is 11.4. The molecule has 0 radical (unpaired) electrons. The van der Waals surface area contributed by atoms with Gasteiger partial charge in [0.2, 0.25) is 0 Å². The lowest BCUT2D eigenvalue weighted by Gasteiger charge is -2.42. The first kappa shape index (κ1) is 29.9. The van der Waals surface area contributed by atoms with Crippen LogP contribution in [-0.4, -0.2) is 25.2 Å². The number of rotatable bonds is 12. The summed E-state index contributed by atoms with van der Waals surface area (Å²) >= 11 is 0. The Hall–Kier alpha value is -3.61. The van der Waals surface area contributed by atoms with Crippen LogP contribution in [0.1, 0.15) is 77.6 Å². The highest BCUT2D eigenvalue weighted by Crippen LogP contribution is 2.45. The van der Waals surface area contributed by atoms with E-state index >= 15 is 0 Å². The number of unbranched alkanes of at least 4 members (excludes halogenated alkanes) is 3. The number of benzene rings is 2. The summed E-state index contributed by atoms with van der Waals surface area (Å²) in [6.45, 7) is 13.4. The molecule has 0 saturated carbocycles. The Morgan fingerprint density at radius 3 is 2.08 bits per heavy atom. The number of fused-ring (bicyclic) bond motifs is 1. The molecule has 7 nitrogen and oxygen atoms in total. The Morgan fingerprint density at radius 1 is 0.821 bits per heavy atom. The maximum absolute atomic E-state index is 12.8. The van der Waals surface area contributed by atoms with Gasteiger partial charge < -0.3 is 18.6 Å². The van der Waals surface area contributed by atoms with Crippen molar-refractivity contribution in [3.05, 3.63) is 70.6 Å². The van der Waals surface area contributed by atoms with E-state index in [2.05, 4.69) is 34.6 Å². The number of esters is 2. The highest BCUT2D eigenvalue weighted by Gasteiger charge is 2.47. The van der Waals surface area contributed by atoms with E-state index in [9.17, 15) is 14.4 Å². The van der Waals surface area contributed by atoms with Crippen molar-refractivity contribution in [3.8, 4) is 11.5 Å². The van der Waals surface area contributed by atoms with Gasteiger partial charge in [0.05, 0.1) is 24.2 Å². The van der Waals surface area contributed by atoms with Gasteiger partial charge in [-0.25, -0.2) is 9.59 Å². The number of ether oxygens (including phenoxy) is 3. The van der Waals surface area contributed by atoms with Gasteiger partial charge in [-0.1, -0.05) is 34.6 Å². The van der Waals surface area contributed by atoms with Crippen molar-refractivity contribution in [3.63, 3.8) is 0 Å². The molecule has 2 aromatic carbocycles. The van der Waals surface area contributed by atoms with Crippen LogP contribution in [0.25, 0.3) is 11.0 Å². The average Bonchev–Trinajstić information content (AvgIpc) is 2.88. The summed E-state index contributed by atoms with van der Waals surface area (Å²) in [6, 6.07) is 14.6. The normalized spacial score (nSPS) is 13.2. The maximum atomic E-state index is 12.8. The summed E-state index contributed by atoms with van der Waals surface area (Å²) in [6.07, 6.45) is 3.62. The van der Waals surface area contributed by atoms with Crippen molar-refractivity contribution in [2.75, 3.05) is 13.2 Å². The van der Waals surface area contributed by atoms with Crippen molar-refractivity contribution >= 4 is 22.9 Å². The van der Waals surface area contributed by atoms with Crippen LogP contribution >= 0.6 is 0 Å². The maximum Gasteiger partial charge on any atom is 0.343 e. The predicted molar refractivity (Wildman–Crippen MR) is 151 cm³/mol. The van der Waals surface area contributed by atoms with Crippen molar-refractivity contribution < 1.29 is 28.2 Å². The lowest BCUT2D eigenvalue weighted by Crippen LogP contribution is -2.45. The van der Waals surface area contributed by atoms with Crippen LogP contribution in [0.2, 0.25) is 0 Å². The average molecular weight is 537 g/mol. The van der Waals surface area contributed by atoms with Gasteiger partial charge in [0.15, 0.2) is 0 Å². The van der Waals surface area contributed by atoms with Gasteiger partial charge in [-0.05, 0) is 86.4 Å². The summed E-state index contributed by atoms with van der Waals surface area (Å²) in [7, 11) is 0. The molecule has 1 unspecified atom stereocenters. The van der Waals surface area contributed by atoms with E-state index in [4.69, 9.17) is 18.6 Å². The van der Waals surface area contributed by atoms with E-state index in [1.54, 1.807) is 42.5 Å². The first-order valence-corrected chi connectivity index (χ1v) is 13.6. The molecule has 1 heterocycles. The van der Waals surface area contributed by atoms with Gasteiger partial charge in [0.25, 0.3) is 0 Å². The second-order valence-electron chi connectivity index (χ2n) is 11.4. The van der Waals surface area contributed by atoms with Crippen LogP contribution in [0.3, 0.4) is 0 Å². The molecule has 0 aliphatic carbocycles. The largest absolute Gasteiger partial charge is 0.494 e. The molecule has 0 aliphatic heterocycles. The molecule has 39 heavy (non-hydrogen) atoms. The van der Waals surface area contributed by atoms with E-state index in [0.717, 1.165) is 31.1 Å². The van der Waals surface area contributed by atoms with E-state index in [-0.39, 0.29) is 17.3 Å². The number of carbonyl (C=O) groups excluding carboxylic acids is 2. The molecule has 0 amide bonds. The first-order valence-electron chi connectivity index (χ1n) is 13.6. The third kappa shape index (κ3) is 7.71. The molecule has 3 rings (SSSR count). The zero-order valence-electron chi connectivity index (χ0n) is 23.9. The standard InChI is InChI=1S/C32H40O7/c1-22(2)32(6,31(3,4)5)30(35)37-20-10-8-7-9-19-36-25-15-12-24(13-16-25)29(34)38-26-17-11-23-14-18-28(33)39-27(23)21-26/h11-18,21-22H,7-10,19-20H2,1-6H3. The minimum Gasteiger partial charge on any atom is -0.494 e. The summed E-state index contributed by atoms with van der Waals surface area (Å²) in [5.41, 5.74) is -0.430. The minimum absolute atomic E-state index is 0.119. The van der Waals surface area contributed by atoms with Crippen molar-refractivity contribution in [2.24, 2.45) is 16.7 Å². The monoisotopic (exact) mass is 536 g/mol. The van der Waals surface area contributed by atoms with E-state index in [1.807, 2.05) is 6.92 Å². The molecule has 0 spiro atoms. The van der Waals surface area contributed by atoms with Crippen molar-refractivity contribution in [2.45, 2.75) is 67.2 Å². The molecule has 7 heteroatoms. The topological polar surface area (TPSA) is 92.0 Å². The lowest BCUT2D eigenvalue weighted by molar-refractivity contribution is -0.166. The number of hydrogen-bond acceptors (Lipinski definition) is 7. The van der Waals surface area contributed by atoms with Crippen LogP contribution in [0.4, 0.5) is 0 Å². The van der Waals surface area contributed by atoms with E-state index in [1.165, 1.54) is 12.1 Å². The third-order valence-electron chi connectivity index (χ3n) is 7.57. The summed E-state index contributed by atoms with van der Waals surface area (Å²) < 4.78 is 22.0. The number of hydrogen-bond donors (Lipinski definition) is 0. The number of carbonyl (C=O) groups is 2. The highest BCUT2D eigenvalue weighted by molar-refractivity contribution is 5.91. The van der Waals surface area contributed by atoms with E-state index in [0.29, 0.717) is 35.9 Å². The first-order chi connectivity index (χ1) is 18.4. The molecule has 0 saturated heterocycles. The van der Waals surface area contributed by atoms with Gasteiger partial charge in [-0.15, -0.1) is 0 Å². The zero-order valence-corrected chi connectivity index (χ0v) is 23.9. The Kier molecular flexibility index (Phi) is 9.95. The SMILES string of the molecule is CC(C)C(C)(C(=O)OCCCCCCOc1ccc(C(=O)Oc2ccc3ccc(=O)oc3c2)cc1)C(C)(C)C. The predicted octanol–water partition coefficient (Wildman–Crippen LogP) is 7.20. The molecule has 3 aromatic rings. The summed E-state index contributed by atoms with van der Waals surface area (Å²) in [4.78, 5) is 36.7. The van der Waals surface area contributed by atoms with Crippen LogP contribution in [0, 0.1) is 16.7 Å². The van der Waals surface area contributed by atoms with Gasteiger partial charge in [-0.3, -0.25) is 4.79 Å². The van der Waals surface area contributed by atoms with Gasteiger partial charge in [0.1, 0.15) is 17.1 Å². The summed E-state index contributed by atoms with van der Waals surface area (Å²) in [5.74, 6) is 0.516.